The molecule has 3 aromatic rings. The fourth-order valence-electron chi connectivity index (χ4n) is 4.63. The number of hydrogen-bond acceptors (Lipinski definition) is 5. The third-order valence-corrected chi connectivity index (χ3v) is 6.85. The number of piperazine rings is 1. The molecular weight excluding hydrogens is 428 g/mol. The molecule has 0 radical (unpaired) electrons. The molecule has 0 aliphatic carbocycles. The van der Waals surface area contributed by atoms with Crippen molar-refractivity contribution in [1.29, 1.82) is 0 Å². The quantitative estimate of drug-likeness (QED) is 0.609. The van der Waals surface area contributed by atoms with Crippen LogP contribution in [0.5, 0.6) is 0 Å². The molecule has 4 rings (SSSR count). The molecule has 8 nitrogen and oxygen atoms in total. The van der Waals surface area contributed by atoms with E-state index in [1.165, 1.54) is 0 Å². The van der Waals surface area contributed by atoms with Gasteiger partial charge in [0.25, 0.3) is 0 Å². The smallest absolute Gasteiger partial charge is 0.238 e. The van der Waals surface area contributed by atoms with E-state index in [2.05, 4.69) is 20.3 Å². The lowest BCUT2D eigenvalue weighted by molar-refractivity contribution is -0.133. The van der Waals surface area contributed by atoms with E-state index in [1.807, 2.05) is 68.3 Å². The van der Waals surface area contributed by atoms with Crippen LogP contribution in [0.2, 0.25) is 0 Å². The number of carbonyl (C=O) groups excluding carboxylic acids is 2. The Labute approximate surface area is 201 Å². The number of rotatable bonds is 6. The minimum Gasteiger partial charge on any atom is -0.340 e. The molecule has 1 N–H and O–H groups in total. The van der Waals surface area contributed by atoms with Crippen molar-refractivity contribution >= 4 is 23.1 Å². The molecule has 8 heteroatoms. The highest BCUT2D eigenvalue weighted by Gasteiger charge is 2.23. The third-order valence-electron chi connectivity index (χ3n) is 6.85. The first-order chi connectivity index (χ1) is 16.2. The molecule has 1 aromatic carbocycles. The van der Waals surface area contributed by atoms with Gasteiger partial charge in [0.15, 0.2) is 5.65 Å². The number of carbonyl (C=O) groups is 2. The molecule has 0 bridgehead atoms. The van der Waals surface area contributed by atoms with Gasteiger partial charge in [-0.05, 0) is 63.8 Å². The van der Waals surface area contributed by atoms with Gasteiger partial charge in [-0.1, -0.05) is 12.1 Å². The number of aryl methyl sites for hydroxylation is 4. The first kappa shape index (κ1) is 23.9. The van der Waals surface area contributed by atoms with Crippen LogP contribution in [0.25, 0.3) is 5.65 Å². The van der Waals surface area contributed by atoms with Crippen LogP contribution in [0.15, 0.2) is 24.3 Å². The molecule has 0 saturated carbocycles. The Bertz CT molecular complexity index is 1220. The number of aromatic nitrogens is 3. The van der Waals surface area contributed by atoms with Crippen LogP contribution in [0, 0.1) is 34.6 Å². The highest BCUT2D eigenvalue weighted by atomic mass is 16.2. The molecule has 1 fully saturated rings. The van der Waals surface area contributed by atoms with Crippen LogP contribution in [0.3, 0.4) is 0 Å². The zero-order valence-electron chi connectivity index (χ0n) is 20.8. The number of benzene rings is 1. The van der Waals surface area contributed by atoms with Gasteiger partial charge in [-0.15, -0.1) is 0 Å². The minimum absolute atomic E-state index is 0.0174. The topological polar surface area (TPSA) is 82.8 Å². The van der Waals surface area contributed by atoms with Crippen LogP contribution >= 0.6 is 0 Å². The number of nitrogens with zero attached hydrogens (tertiary/aromatic N) is 5. The lowest BCUT2D eigenvalue weighted by Gasteiger charge is -2.34. The van der Waals surface area contributed by atoms with E-state index in [9.17, 15) is 9.59 Å². The van der Waals surface area contributed by atoms with Gasteiger partial charge in [0.05, 0.1) is 12.2 Å². The minimum atomic E-state index is -0.0174. The number of fused-ring (bicyclic) bond motifs is 1. The number of amides is 2. The average Bonchev–Trinajstić information content (AvgIpc) is 3.17. The monoisotopic (exact) mass is 462 g/mol. The van der Waals surface area contributed by atoms with Crippen molar-refractivity contribution < 1.29 is 9.59 Å². The van der Waals surface area contributed by atoms with Gasteiger partial charge in [-0.2, -0.15) is 5.10 Å². The Balaban J connectivity index is 1.27. The van der Waals surface area contributed by atoms with Crippen molar-refractivity contribution in [3.8, 4) is 0 Å². The van der Waals surface area contributed by atoms with Crippen LogP contribution in [0.1, 0.15) is 40.2 Å². The van der Waals surface area contributed by atoms with Gasteiger partial charge in [0.1, 0.15) is 0 Å². The largest absolute Gasteiger partial charge is 0.340 e. The third kappa shape index (κ3) is 5.12. The SMILES string of the molecule is Cc1cc2nc(C)c(CCC(=O)N3CCN(CC(=O)Nc4cccc(C)c4C)CC3)c(C)n2n1. The first-order valence-electron chi connectivity index (χ1n) is 11.9. The Kier molecular flexibility index (Phi) is 6.97. The van der Waals surface area contributed by atoms with Gasteiger partial charge in [0, 0.05) is 55.7 Å². The van der Waals surface area contributed by atoms with E-state index in [1.54, 1.807) is 0 Å². The molecule has 0 atom stereocenters. The van der Waals surface area contributed by atoms with Crippen molar-refractivity contribution in [3.63, 3.8) is 0 Å². The number of hydrogen-bond donors (Lipinski definition) is 1. The summed E-state index contributed by atoms with van der Waals surface area (Å²) in [6.07, 6.45) is 1.10. The summed E-state index contributed by atoms with van der Waals surface area (Å²) < 4.78 is 1.87. The van der Waals surface area contributed by atoms with E-state index in [0.717, 1.165) is 45.1 Å². The number of anilines is 1. The normalized spacial score (nSPS) is 14.6. The van der Waals surface area contributed by atoms with Crippen molar-refractivity contribution in [1.82, 2.24) is 24.4 Å². The Hall–Kier alpha value is -3.26. The standard InChI is InChI=1S/C26H34N6O2/c1-17-7-6-8-23(19(17)3)28-25(33)16-30-11-13-31(14-12-30)26(34)10-9-22-20(4)27-24-15-18(2)29-32(24)21(22)5/h6-8,15H,9-14,16H2,1-5H3,(H,28,33). The zero-order chi connectivity index (χ0) is 24.4. The Morgan fingerprint density at radius 1 is 1.03 bits per heavy atom. The van der Waals surface area contributed by atoms with E-state index in [4.69, 9.17) is 0 Å². The molecule has 1 aliphatic rings. The lowest BCUT2D eigenvalue weighted by atomic mass is 10.1. The summed E-state index contributed by atoms with van der Waals surface area (Å²) in [6, 6.07) is 7.89. The second-order valence-electron chi connectivity index (χ2n) is 9.27. The van der Waals surface area contributed by atoms with Gasteiger partial charge < -0.3 is 10.2 Å². The zero-order valence-corrected chi connectivity index (χ0v) is 20.8. The number of nitrogens with one attached hydrogen (secondary N) is 1. The summed E-state index contributed by atoms with van der Waals surface area (Å²) in [7, 11) is 0. The molecule has 0 spiro atoms. The fourth-order valence-corrected chi connectivity index (χ4v) is 4.63. The predicted molar refractivity (Wildman–Crippen MR) is 133 cm³/mol. The summed E-state index contributed by atoms with van der Waals surface area (Å²) in [5, 5.41) is 7.54. The van der Waals surface area contributed by atoms with Gasteiger partial charge >= 0.3 is 0 Å². The van der Waals surface area contributed by atoms with Crippen molar-refractivity contribution in [3.05, 3.63) is 58.0 Å². The summed E-state index contributed by atoms with van der Waals surface area (Å²) in [5.74, 6) is 0.131. The van der Waals surface area contributed by atoms with Gasteiger partial charge in [-0.25, -0.2) is 9.50 Å². The molecule has 1 saturated heterocycles. The van der Waals surface area contributed by atoms with Crippen LogP contribution in [-0.2, 0) is 16.0 Å². The summed E-state index contributed by atoms with van der Waals surface area (Å²) in [5.41, 5.74) is 7.98. The Morgan fingerprint density at radius 3 is 2.50 bits per heavy atom. The van der Waals surface area contributed by atoms with E-state index in [0.29, 0.717) is 45.6 Å². The molecule has 3 heterocycles. The molecule has 2 aromatic heterocycles. The first-order valence-corrected chi connectivity index (χ1v) is 11.9. The molecule has 2 amide bonds. The lowest BCUT2D eigenvalue weighted by Crippen LogP contribution is -2.50. The van der Waals surface area contributed by atoms with Crippen molar-refractivity contribution in [2.24, 2.45) is 0 Å². The summed E-state index contributed by atoms with van der Waals surface area (Å²) >= 11 is 0. The molecule has 0 unspecified atom stereocenters. The second-order valence-corrected chi connectivity index (χ2v) is 9.27. The van der Waals surface area contributed by atoms with Crippen LogP contribution in [-0.4, -0.2) is 68.9 Å². The summed E-state index contributed by atoms with van der Waals surface area (Å²) in [6.45, 7) is 13.1. The van der Waals surface area contributed by atoms with Crippen molar-refractivity contribution in [2.45, 2.75) is 47.5 Å². The predicted octanol–water partition coefficient (Wildman–Crippen LogP) is 2.99. The van der Waals surface area contributed by atoms with E-state index < -0.39 is 0 Å². The maximum atomic E-state index is 12.9. The maximum Gasteiger partial charge on any atom is 0.238 e. The second kappa shape index (κ2) is 9.93. The molecule has 180 valence electrons. The Morgan fingerprint density at radius 2 is 1.76 bits per heavy atom. The average molecular weight is 463 g/mol. The van der Waals surface area contributed by atoms with E-state index in [-0.39, 0.29) is 11.8 Å². The van der Waals surface area contributed by atoms with Gasteiger partial charge in [-0.3, -0.25) is 14.5 Å². The van der Waals surface area contributed by atoms with Gasteiger partial charge in [0.2, 0.25) is 11.8 Å². The highest BCUT2D eigenvalue weighted by molar-refractivity contribution is 5.93. The highest BCUT2D eigenvalue weighted by Crippen LogP contribution is 2.19. The fraction of sp³-hybridized carbons (Fsp3) is 0.462. The van der Waals surface area contributed by atoms with Crippen molar-refractivity contribution in [2.75, 3.05) is 38.0 Å². The maximum absolute atomic E-state index is 12.9. The molecular formula is C26H34N6O2. The van der Waals surface area contributed by atoms with Crippen LogP contribution in [0.4, 0.5) is 5.69 Å². The molecule has 34 heavy (non-hydrogen) atoms. The van der Waals surface area contributed by atoms with E-state index >= 15 is 0 Å². The van der Waals surface area contributed by atoms with Crippen LogP contribution < -0.4 is 5.32 Å². The summed E-state index contributed by atoms with van der Waals surface area (Å²) in [4.78, 5) is 34.1. The molecule has 1 aliphatic heterocycles.